The van der Waals surface area contributed by atoms with Crippen LogP contribution in [-0.2, 0) is 9.59 Å². The number of carboxylic acids is 1. The number of nitrogen functional groups attached to an aromatic ring is 1. The van der Waals surface area contributed by atoms with Crippen LogP contribution in [0.5, 0.6) is 0 Å². The zero-order valence-corrected chi connectivity index (χ0v) is 10.4. The summed E-state index contributed by atoms with van der Waals surface area (Å²) in [6.45, 7) is 4.00. The fourth-order valence-electron chi connectivity index (χ4n) is 2.45. The quantitative estimate of drug-likeness (QED) is 0.773. The van der Waals surface area contributed by atoms with E-state index in [0.29, 0.717) is 11.4 Å². The highest BCUT2D eigenvalue weighted by molar-refractivity contribution is 6.02. The molecule has 1 aliphatic heterocycles. The van der Waals surface area contributed by atoms with Gasteiger partial charge in [-0.2, -0.15) is 0 Å². The lowest BCUT2D eigenvalue weighted by Gasteiger charge is -2.21. The van der Waals surface area contributed by atoms with Gasteiger partial charge in [0, 0.05) is 13.0 Å². The number of nitrogens with zero attached hydrogens (tertiary/aromatic N) is 1. The Labute approximate surface area is 105 Å². The number of anilines is 2. The minimum atomic E-state index is -0.936. The van der Waals surface area contributed by atoms with E-state index in [1.165, 1.54) is 4.90 Å². The van der Waals surface area contributed by atoms with Crippen LogP contribution in [0, 0.1) is 19.8 Å². The maximum absolute atomic E-state index is 11.9. The van der Waals surface area contributed by atoms with Gasteiger partial charge in [-0.1, -0.05) is 6.07 Å². The second kappa shape index (κ2) is 4.33. The normalized spacial score (nSPS) is 19.3. The Hall–Kier alpha value is -2.04. The van der Waals surface area contributed by atoms with E-state index in [2.05, 4.69) is 0 Å². The molecule has 0 aliphatic carbocycles. The third-order valence-electron chi connectivity index (χ3n) is 3.22. The van der Waals surface area contributed by atoms with Crippen LogP contribution in [0.15, 0.2) is 12.1 Å². The number of carboxylic acid groups (broad SMARTS) is 1. The number of benzene rings is 1. The number of carbonyl (C=O) groups is 2. The van der Waals surface area contributed by atoms with Gasteiger partial charge in [-0.3, -0.25) is 9.59 Å². The first kappa shape index (κ1) is 12.4. The fraction of sp³-hybridized carbons (Fsp3) is 0.385. The first-order chi connectivity index (χ1) is 8.40. The van der Waals surface area contributed by atoms with Gasteiger partial charge in [0.05, 0.1) is 17.3 Å². The van der Waals surface area contributed by atoms with E-state index in [-0.39, 0.29) is 18.9 Å². The van der Waals surface area contributed by atoms with Gasteiger partial charge in [-0.25, -0.2) is 0 Å². The van der Waals surface area contributed by atoms with Gasteiger partial charge >= 0.3 is 5.97 Å². The lowest BCUT2D eigenvalue weighted by Crippen LogP contribution is -2.27. The van der Waals surface area contributed by atoms with E-state index in [1.54, 1.807) is 6.07 Å². The van der Waals surface area contributed by atoms with E-state index >= 15 is 0 Å². The minimum absolute atomic E-state index is 0.0437. The van der Waals surface area contributed by atoms with Crippen molar-refractivity contribution in [1.29, 1.82) is 0 Å². The van der Waals surface area contributed by atoms with Crippen LogP contribution >= 0.6 is 0 Å². The van der Waals surface area contributed by atoms with Gasteiger partial charge in [-0.05, 0) is 31.0 Å². The van der Waals surface area contributed by atoms with E-state index in [1.807, 2.05) is 19.9 Å². The average molecular weight is 248 g/mol. The number of aliphatic carboxylic acids is 1. The average Bonchev–Trinajstić information content (AvgIpc) is 2.59. The first-order valence-electron chi connectivity index (χ1n) is 5.80. The van der Waals surface area contributed by atoms with Crippen molar-refractivity contribution >= 4 is 23.3 Å². The fourth-order valence-corrected chi connectivity index (χ4v) is 2.45. The molecular formula is C13H16N2O3. The zero-order chi connectivity index (χ0) is 13.4. The Kier molecular flexibility index (Phi) is 2.98. The molecule has 1 aromatic rings. The summed E-state index contributed by atoms with van der Waals surface area (Å²) in [5, 5.41) is 8.97. The number of hydrogen-bond acceptors (Lipinski definition) is 3. The largest absolute Gasteiger partial charge is 0.481 e. The van der Waals surface area contributed by atoms with E-state index in [9.17, 15) is 9.59 Å². The Morgan fingerprint density at radius 2 is 2.11 bits per heavy atom. The molecule has 0 aromatic heterocycles. The molecule has 96 valence electrons. The van der Waals surface area contributed by atoms with Crippen LogP contribution in [0.3, 0.4) is 0 Å². The maximum atomic E-state index is 11.9. The standard InChI is InChI=1S/C13H16N2O3/c1-7-3-8(2)12(10(14)4-7)15-6-9(13(17)18)5-11(15)16/h3-4,9H,5-6,14H2,1-2H3,(H,17,18). The number of nitrogens with two attached hydrogens (primary N) is 1. The summed E-state index contributed by atoms with van der Waals surface area (Å²) in [6, 6.07) is 3.73. The van der Waals surface area contributed by atoms with E-state index in [0.717, 1.165) is 11.1 Å². The van der Waals surface area contributed by atoms with Gasteiger partial charge in [0.1, 0.15) is 0 Å². The van der Waals surface area contributed by atoms with Crippen molar-refractivity contribution in [2.45, 2.75) is 20.3 Å². The van der Waals surface area contributed by atoms with Crippen LogP contribution in [0.4, 0.5) is 11.4 Å². The molecule has 1 heterocycles. The molecule has 1 saturated heterocycles. The minimum Gasteiger partial charge on any atom is -0.481 e. The van der Waals surface area contributed by atoms with Gasteiger partial charge in [0.25, 0.3) is 0 Å². The molecule has 1 fully saturated rings. The Balaban J connectivity index is 2.39. The third-order valence-corrected chi connectivity index (χ3v) is 3.22. The van der Waals surface area contributed by atoms with Crippen molar-refractivity contribution < 1.29 is 14.7 Å². The topological polar surface area (TPSA) is 83.6 Å². The zero-order valence-electron chi connectivity index (χ0n) is 10.4. The molecule has 0 radical (unpaired) electrons. The van der Waals surface area contributed by atoms with E-state index in [4.69, 9.17) is 10.8 Å². The number of carbonyl (C=O) groups excluding carboxylic acids is 1. The molecule has 0 bridgehead atoms. The SMILES string of the molecule is Cc1cc(C)c(N2CC(C(=O)O)CC2=O)c(N)c1. The molecule has 5 nitrogen and oxygen atoms in total. The summed E-state index contributed by atoms with van der Waals surface area (Å²) in [4.78, 5) is 24.3. The number of hydrogen-bond donors (Lipinski definition) is 2. The Morgan fingerprint density at radius 3 is 2.61 bits per heavy atom. The lowest BCUT2D eigenvalue weighted by molar-refractivity contribution is -0.141. The predicted octanol–water partition coefficient (Wildman–Crippen LogP) is 1.32. The second-order valence-electron chi connectivity index (χ2n) is 4.76. The van der Waals surface area contributed by atoms with Gasteiger partial charge in [0.15, 0.2) is 0 Å². The summed E-state index contributed by atoms with van der Waals surface area (Å²) in [5.41, 5.74) is 9.03. The summed E-state index contributed by atoms with van der Waals surface area (Å²) in [5.74, 6) is -1.76. The Morgan fingerprint density at radius 1 is 1.44 bits per heavy atom. The molecule has 5 heteroatoms. The van der Waals surface area contributed by atoms with Crippen molar-refractivity contribution in [2.75, 3.05) is 17.2 Å². The van der Waals surface area contributed by atoms with Crippen LogP contribution < -0.4 is 10.6 Å². The monoisotopic (exact) mass is 248 g/mol. The van der Waals surface area contributed by atoms with Crippen LogP contribution in [-0.4, -0.2) is 23.5 Å². The highest BCUT2D eigenvalue weighted by atomic mass is 16.4. The van der Waals surface area contributed by atoms with Gasteiger partial charge in [-0.15, -0.1) is 0 Å². The number of amides is 1. The molecule has 1 aliphatic rings. The second-order valence-corrected chi connectivity index (χ2v) is 4.76. The van der Waals surface area contributed by atoms with E-state index < -0.39 is 11.9 Å². The highest BCUT2D eigenvalue weighted by Gasteiger charge is 2.36. The molecule has 1 amide bonds. The van der Waals surface area contributed by atoms with Crippen LogP contribution in [0.2, 0.25) is 0 Å². The molecule has 1 atom stereocenters. The predicted molar refractivity (Wildman–Crippen MR) is 68.4 cm³/mol. The van der Waals surface area contributed by atoms with Crippen molar-refractivity contribution in [2.24, 2.45) is 5.92 Å². The first-order valence-corrected chi connectivity index (χ1v) is 5.80. The summed E-state index contributed by atoms with van der Waals surface area (Å²) in [7, 11) is 0. The molecule has 3 N–H and O–H groups in total. The van der Waals surface area contributed by atoms with Crippen molar-refractivity contribution in [3.05, 3.63) is 23.3 Å². The van der Waals surface area contributed by atoms with Crippen LogP contribution in [0.25, 0.3) is 0 Å². The molecular weight excluding hydrogens is 232 g/mol. The molecule has 0 spiro atoms. The molecule has 18 heavy (non-hydrogen) atoms. The van der Waals surface area contributed by atoms with Crippen molar-refractivity contribution in [3.8, 4) is 0 Å². The molecule has 1 unspecified atom stereocenters. The number of aryl methyl sites for hydroxylation is 2. The molecule has 1 aromatic carbocycles. The Bertz CT molecular complexity index is 502. The maximum Gasteiger partial charge on any atom is 0.308 e. The summed E-state index contributed by atoms with van der Waals surface area (Å²) >= 11 is 0. The van der Waals surface area contributed by atoms with Gasteiger partial charge in [0.2, 0.25) is 5.91 Å². The molecule has 0 saturated carbocycles. The summed E-state index contributed by atoms with van der Waals surface area (Å²) < 4.78 is 0. The van der Waals surface area contributed by atoms with Crippen LogP contribution in [0.1, 0.15) is 17.5 Å². The third kappa shape index (κ3) is 2.03. The number of rotatable bonds is 2. The highest BCUT2D eigenvalue weighted by Crippen LogP contribution is 2.33. The van der Waals surface area contributed by atoms with Gasteiger partial charge < -0.3 is 15.7 Å². The van der Waals surface area contributed by atoms with Crippen molar-refractivity contribution in [3.63, 3.8) is 0 Å². The smallest absolute Gasteiger partial charge is 0.308 e. The lowest BCUT2D eigenvalue weighted by atomic mass is 10.1. The van der Waals surface area contributed by atoms with Crippen molar-refractivity contribution in [1.82, 2.24) is 0 Å². The molecule has 2 rings (SSSR count). The summed E-state index contributed by atoms with van der Waals surface area (Å²) in [6.07, 6.45) is 0.0437.